The molecule has 0 heterocycles. The van der Waals surface area contributed by atoms with Gasteiger partial charge in [-0.15, -0.1) is 0 Å². The second-order valence-corrected chi connectivity index (χ2v) is 5.24. The maximum Gasteiger partial charge on any atom is 0.255 e. The van der Waals surface area contributed by atoms with Crippen LogP contribution in [0.1, 0.15) is 15.9 Å². The van der Waals surface area contributed by atoms with Gasteiger partial charge in [-0.1, -0.05) is 23.2 Å². The lowest BCUT2D eigenvalue weighted by Crippen LogP contribution is -2.13. The number of aryl methyl sites for hydroxylation is 1. The molecule has 0 radical (unpaired) electrons. The highest BCUT2D eigenvalue weighted by Crippen LogP contribution is 2.29. The number of carbonyl (C=O) groups is 1. The Hall–Kier alpha value is -1.91. The highest BCUT2D eigenvalue weighted by Gasteiger charge is 2.11. The molecule has 104 valence electrons. The van der Waals surface area contributed by atoms with Crippen LogP contribution in [0.25, 0.3) is 0 Å². The summed E-state index contributed by atoms with van der Waals surface area (Å²) in [5, 5.41) is 3.62. The van der Waals surface area contributed by atoms with Crippen LogP contribution in [0, 0.1) is 6.92 Å². The van der Waals surface area contributed by atoms with Crippen molar-refractivity contribution in [1.82, 2.24) is 0 Å². The number of anilines is 3. The first-order chi connectivity index (χ1) is 9.36. The molecule has 0 aliphatic heterocycles. The molecule has 1 amide bonds. The van der Waals surface area contributed by atoms with Crippen molar-refractivity contribution < 1.29 is 4.79 Å². The number of rotatable bonds is 2. The van der Waals surface area contributed by atoms with Gasteiger partial charge in [-0.05, 0) is 42.8 Å². The van der Waals surface area contributed by atoms with Crippen LogP contribution in [0.2, 0.25) is 10.0 Å². The molecule has 0 spiro atoms. The number of amides is 1. The van der Waals surface area contributed by atoms with Crippen molar-refractivity contribution in [2.75, 3.05) is 16.8 Å². The molecule has 6 heteroatoms. The largest absolute Gasteiger partial charge is 0.399 e. The second-order valence-electron chi connectivity index (χ2n) is 4.42. The first-order valence-corrected chi connectivity index (χ1v) is 6.55. The zero-order valence-electron chi connectivity index (χ0n) is 10.7. The van der Waals surface area contributed by atoms with Gasteiger partial charge < -0.3 is 16.8 Å². The average molecular weight is 310 g/mol. The standard InChI is InChI=1S/C14H13Cl2N3O/c1-7-2-12(16)13(6-11(7)15)19-14(20)8-3-9(17)5-10(18)4-8/h2-6H,17-18H2,1H3,(H,19,20). The van der Waals surface area contributed by atoms with E-state index in [0.29, 0.717) is 32.7 Å². The van der Waals surface area contributed by atoms with Gasteiger partial charge in [0.1, 0.15) is 0 Å². The number of nitrogens with two attached hydrogens (primary N) is 2. The average Bonchev–Trinajstić information content (AvgIpc) is 2.34. The van der Waals surface area contributed by atoms with Crippen LogP contribution in [0.15, 0.2) is 30.3 Å². The molecule has 0 aliphatic carbocycles. The van der Waals surface area contributed by atoms with Crippen molar-refractivity contribution in [3.63, 3.8) is 0 Å². The summed E-state index contributed by atoms with van der Waals surface area (Å²) in [5.74, 6) is -0.356. The minimum absolute atomic E-state index is 0.356. The molecule has 0 bridgehead atoms. The summed E-state index contributed by atoms with van der Waals surface area (Å²) in [6.45, 7) is 1.83. The van der Waals surface area contributed by atoms with E-state index in [2.05, 4.69) is 5.32 Å². The first kappa shape index (κ1) is 14.5. The van der Waals surface area contributed by atoms with Crippen LogP contribution in [0.5, 0.6) is 0 Å². The van der Waals surface area contributed by atoms with Crippen LogP contribution < -0.4 is 16.8 Å². The van der Waals surface area contributed by atoms with Gasteiger partial charge in [0.15, 0.2) is 0 Å². The summed E-state index contributed by atoms with van der Waals surface area (Å²) < 4.78 is 0. The van der Waals surface area contributed by atoms with Crippen LogP contribution in [-0.2, 0) is 0 Å². The number of nitrogen functional groups attached to an aromatic ring is 2. The van der Waals surface area contributed by atoms with Crippen molar-refractivity contribution in [1.29, 1.82) is 0 Å². The van der Waals surface area contributed by atoms with Crippen molar-refractivity contribution in [2.24, 2.45) is 0 Å². The van der Waals surface area contributed by atoms with E-state index < -0.39 is 0 Å². The summed E-state index contributed by atoms with van der Waals surface area (Å²) in [4.78, 5) is 12.1. The number of halogens is 2. The maximum atomic E-state index is 12.1. The van der Waals surface area contributed by atoms with Gasteiger partial charge in [-0.3, -0.25) is 4.79 Å². The van der Waals surface area contributed by atoms with E-state index in [1.54, 1.807) is 18.2 Å². The molecule has 20 heavy (non-hydrogen) atoms. The van der Waals surface area contributed by atoms with E-state index in [0.717, 1.165) is 5.56 Å². The Balaban J connectivity index is 2.30. The Morgan fingerprint density at radius 3 is 2.20 bits per heavy atom. The Bertz CT molecular complexity index is 666. The second kappa shape index (κ2) is 5.61. The monoisotopic (exact) mass is 309 g/mol. The van der Waals surface area contributed by atoms with Crippen LogP contribution in [0.3, 0.4) is 0 Å². The fourth-order valence-electron chi connectivity index (χ4n) is 1.74. The molecule has 0 atom stereocenters. The van der Waals surface area contributed by atoms with Gasteiger partial charge in [0.2, 0.25) is 0 Å². The molecule has 0 aliphatic rings. The predicted molar refractivity (Wildman–Crippen MR) is 84.4 cm³/mol. The molecule has 2 aromatic carbocycles. The number of hydrogen-bond donors (Lipinski definition) is 3. The molecule has 4 nitrogen and oxygen atoms in total. The summed E-state index contributed by atoms with van der Waals surface area (Å²) in [7, 11) is 0. The van der Waals surface area contributed by atoms with Gasteiger partial charge in [-0.2, -0.15) is 0 Å². The Morgan fingerprint density at radius 1 is 1.00 bits per heavy atom. The molecule has 2 aromatic rings. The molecule has 2 rings (SSSR count). The van der Waals surface area contributed by atoms with E-state index in [1.807, 2.05) is 6.92 Å². The third-order valence-corrected chi connectivity index (χ3v) is 3.46. The molecule has 0 fully saturated rings. The normalized spacial score (nSPS) is 10.3. The maximum absolute atomic E-state index is 12.1. The zero-order chi connectivity index (χ0) is 14.9. The summed E-state index contributed by atoms with van der Waals surface area (Å²) in [6, 6.07) is 7.94. The van der Waals surface area contributed by atoms with Crippen LogP contribution in [-0.4, -0.2) is 5.91 Å². The molecule has 0 unspecified atom stereocenters. The van der Waals surface area contributed by atoms with E-state index in [4.69, 9.17) is 34.7 Å². The number of hydrogen-bond acceptors (Lipinski definition) is 3. The van der Waals surface area contributed by atoms with Crippen molar-refractivity contribution in [2.45, 2.75) is 6.92 Å². The van der Waals surface area contributed by atoms with E-state index in [9.17, 15) is 4.79 Å². The van der Waals surface area contributed by atoms with Crippen molar-refractivity contribution in [3.8, 4) is 0 Å². The van der Waals surface area contributed by atoms with E-state index >= 15 is 0 Å². The van der Waals surface area contributed by atoms with Gasteiger partial charge in [0.25, 0.3) is 5.91 Å². The molecule has 0 saturated carbocycles. The Labute approximate surface area is 126 Å². The lowest BCUT2D eigenvalue weighted by molar-refractivity contribution is 0.102. The van der Waals surface area contributed by atoms with Gasteiger partial charge in [0.05, 0.1) is 10.7 Å². The van der Waals surface area contributed by atoms with E-state index in [-0.39, 0.29) is 5.91 Å². The minimum atomic E-state index is -0.356. The smallest absolute Gasteiger partial charge is 0.255 e. The highest BCUT2D eigenvalue weighted by atomic mass is 35.5. The molecular formula is C14H13Cl2N3O. The number of carbonyl (C=O) groups excluding carboxylic acids is 1. The Kier molecular flexibility index (Phi) is 4.06. The summed E-state index contributed by atoms with van der Waals surface area (Å²) in [5.41, 5.74) is 13.8. The molecule has 0 aromatic heterocycles. The minimum Gasteiger partial charge on any atom is -0.399 e. The Morgan fingerprint density at radius 2 is 1.60 bits per heavy atom. The highest BCUT2D eigenvalue weighted by molar-refractivity contribution is 6.36. The third kappa shape index (κ3) is 3.15. The quantitative estimate of drug-likeness (QED) is 0.739. The van der Waals surface area contributed by atoms with Crippen molar-refractivity contribution >= 4 is 46.2 Å². The van der Waals surface area contributed by atoms with E-state index in [1.165, 1.54) is 12.1 Å². The number of nitrogens with one attached hydrogen (secondary N) is 1. The predicted octanol–water partition coefficient (Wildman–Crippen LogP) is 3.72. The van der Waals surface area contributed by atoms with Crippen molar-refractivity contribution in [3.05, 3.63) is 51.5 Å². The fourth-order valence-corrected chi connectivity index (χ4v) is 2.17. The summed E-state index contributed by atoms with van der Waals surface area (Å²) >= 11 is 12.1. The lowest BCUT2D eigenvalue weighted by Gasteiger charge is -2.10. The zero-order valence-corrected chi connectivity index (χ0v) is 12.2. The van der Waals surface area contributed by atoms with Gasteiger partial charge in [0, 0.05) is 22.0 Å². The van der Waals surface area contributed by atoms with Crippen LogP contribution >= 0.6 is 23.2 Å². The SMILES string of the molecule is Cc1cc(Cl)c(NC(=O)c2cc(N)cc(N)c2)cc1Cl. The molecule has 5 N–H and O–H groups in total. The molecule has 0 saturated heterocycles. The lowest BCUT2D eigenvalue weighted by atomic mass is 10.1. The topological polar surface area (TPSA) is 81.1 Å². The fraction of sp³-hybridized carbons (Fsp3) is 0.0714. The van der Waals surface area contributed by atoms with Gasteiger partial charge in [-0.25, -0.2) is 0 Å². The summed E-state index contributed by atoms with van der Waals surface area (Å²) in [6.07, 6.45) is 0. The molecular weight excluding hydrogens is 297 g/mol. The number of benzene rings is 2. The third-order valence-electron chi connectivity index (χ3n) is 2.74. The first-order valence-electron chi connectivity index (χ1n) is 5.80. The van der Waals surface area contributed by atoms with Crippen LogP contribution in [0.4, 0.5) is 17.1 Å². The van der Waals surface area contributed by atoms with Gasteiger partial charge >= 0.3 is 0 Å².